The maximum absolute atomic E-state index is 13.2. The predicted molar refractivity (Wildman–Crippen MR) is 112 cm³/mol. The van der Waals surface area contributed by atoms with Gasteiger partial charge in [0, 0.05) is 31.3 Å². The Labute approximate surface area is 173 Å². The number of ether oxygens (including phenoxy) is 1. The fourth-order valence-corrected chi connectivity index (χ4v) is 5.79. The monoisotopic (exact) mass is 396 g/mol. The zero-order valence-electron chi connectivity index (χ0n) is 17.4. The van der Waals surface area contributed by atoms with Crippen molar-refractivity contribution in [1.29, 1.82) is 0 Å². The van der Waals surface area contributed by atoms with Crippen molar-refractivity contribution >= 4 is 5.91 Å². The molecule has 156 valence electrons. The lowest BCUT2D eigenvalue weighted by Gasteiger charge is -2.48. The van der Waals surface area contributed by atoms with Crippen LogP contribution in [0, 0.1) is 0 Å². The van der Waals surface area contributed by atoms with Gasteiger partial charge in [0.15, 0.2) is 0 Å². The van der Waals surface area contributed by atoms with Crippen LogP contribution < -0.4 is 0 Å². The Balaban J connectivity index is 1.32. The number of likely N-dealkylation sites (tertiary alicyclic amines) is 1. The number of fused-ring (bicyclic) bond motifs is 1. The third-order valence-corrected chi connectivity index (χ3v) is 7.43. The van der Waals surface area contributed by atoms with Crippen LogP contribution in [-0.4, -0.2) is 60.1 Å². The highest BCUT2D eigenvalue weighted by Gasteiger charge is 2.47. The maximum Gasteiger partial charge on any atom is 0.230 e. The summed E-state index contributed by atoms with van der Waals surface area (Å²) in [4.78, 5) is 17.8. The zero-order valence-corrected chi connectivity index (χ0v) is 17.4. The van der Waals surface area contributed by atoms with Gasteiger partial charge in [-0.2, -0.15) is 0 Å². The van der Waals surface area contributed by atoms with E-state index in [1.165, 1.54) is 25.7 Å². The van der Waals surface area contributed by atoms with Gasteiger partial charge in [0.05, 0.1) is 12.0 Å². The molecule has 1 amide bonds. The fraction of sp³-hybridized carbons (Fsp3) is 0.625. The lowest BCUT2D eigenvalue weighted by atomic mass is 9.76. The molecule has 3 fully saturated rings. The van der Waals surface area contributed by atoms with Gasteiger partial charge in [-0.15, -0.1) is 0 Å². The van der Waals surface area contributed by atoms with Crippen LogP contribution in [0.15, 0.2) is 34.7 Å². The molecule has 2 saturated heterocycles. The molecule has 5 nitrogen and oxygen atoms in total. The van der Waals surface area contributed by atoms with E-state index in [-0.39, 0.29) is 17.6 Å². The summed E-state index contributed by atoms with van der Waals surface area (Å²) in [6.45, 7) is 3.21. The van der Waals surface area contributed by atoms with E-state index in [1.54, 1.807) is 0 Å². The van der Waals surface area contributed by atoms with Crippen molar-refractivity contribution in [2.75, 3.05) is 26.7 Å². The number of likely N-dealkylation sites (N-methyl/N-ethyl adjacent to an activating group) is 1. The van der Waals surface area contributed by atoms with Crippen LogP contribution >= 0.6 is 0 Å². The van der Waals surface area contributed by atoms with Crippen LogP contribution in [0.3, 0.4) is 0 Å². The number of carbonyl (C=O) groups is 1. The molecule has 5 heteroatoms. The Kier molecular flexibility index (Phi) is 5.12. The van der Waals surface area contributed by atoms with Crippen molar-refractivity contribution in [3.8, 4) is 11.3 Å². The van der Waals surface area contributed by atoms with E-state index in [0.29, 0.717) is 12.5 Å². The van der Waals surface area contributed by atoms with Gasteiger partial charge in [-0.25, -0.2) is 0 Å². The molecule has 0 aromatic rings. The van der Waals surface area contributed by atoms with Gasteiger partial charge in [-0.1, -0.05) is 12.1 Å². The third-order valence-electron chi connectivity index (χ3n) is 7.43. The molecule has 1 saturated carbocycles. The smallest absolute Gasteiger partial charge is 0.230 e. The largest absolute Gasteiger partial charge is 0.461 e. The van der Waals surface area contributed by atoms with Crippen LogP contribution in [0.25, 0.3) is 11.3 Å². The Bertz CT molecular complexity index is 819. The topological polar surface area (TPSA) is 45.9 Å². The summed E-state index contributed by atoms with van der Waals surface area (Å²) in [7, 11) is 1.99. The number of hydrogen-bond donors (Lipinski definition) is 0. The third kappa shape index (κ3) is 3.71. The Morgan fingerprint density at radius 3 is 2.83 bits per heavy atom. The quantitative estimate of drug-likeness (QED) is 0.785. The van der Waals surface area contributed by atoms with Crippen LogP contribution in [0.2, 0.25) is 0 Å². The lowest BCUT2D eigenvalue weighted by Crippen LogP contribution is -2.58. The fourth-order valence-electron chi connectivity index (χ4n) is 5.79. The van der Waals surface area contributed by atoms with Gasteiger partial charge in [0.25, 0.3) is 0 Å². The van der Waals surface area contributed by atoms with Crippen LogP contribution in [0.1, 0.15) is 50.7 Å². The van der Waals surface area contributed by atoms with Crippen LogP contribution in [0.5, 0.6) is 0 Å². The van der Waals surface area contributed by atoms with Crippen LogP contribution in [-0.2, 0) is 16.0 Å². The molecule has 3 aliphatic heterocycles. The maximum atomic E-state index is 13.2. The molecule has 3 atom stereocenters. The molecule has 0 unspecified atom stereocenters. The summed E-state index contributed by atoms with van der Waals surface area (Å²) in [6, 6.07) is 10.6. The van der Waals surface area contributed by atoms with Gasteiger partial charge in [-0.3, -0.25) is 9.69 Å². The van der Waals surface area contributed by atoms with Gasteiger partial charge in [0.1, 0.15) is 11.5 Å². The minimum Gasteiger partial charge on any atom is -0.461 e. The van der Waals surface area contributed by atoms with Gasteiger partial charge in [0.2, 0.25) is 5.91 Å². The summed E-state index contributed by atoms with van der Waals surface area (Å²) < 4.78 is 12.2. The van der Waals surface area contributed by atoms with E-state index in [9.17, 15) is 4.79 Å². The number of carbonyl (C=O) groups excluding carboxylic acids is 1. The first-order valence-corrected chi connectivity index (χ1v) is 11.2. The van der Waals surface area contributed by atoms with Crippen molar-refractivity contribution in [3.05, 3.63) is 36.1 Å². The number of nitrogens with zero attached hydrogens (tertiary/aromatic N) is 2. The average molecular weight is 397 g/mol. The lowest BCUT2D eigenvalue weighted by molar-refractivity contribution is -0.137. The average Bonchev–Trinajstić information content (AvgIpc) is 3.49. The van der Waals surface area contributed by atoms with E-state index in [0.717, 1.165) is 56.0 Å². The number of amides is 1. The van der Waals surface area contributed by atoms with Gasteiger partial charge < -0.3 is 14.1 Å². The Morgan fingerprint density at radius 1 is 1.17 bits per heavy atom. The summed E-state index contributed by atoms with van der Waals surface area (Å²) in [5, 5.41) is 0. The summed E-state index contributed by atoms with van der Waals surface area (Å²) in [6.07, 6.45) is 8.40. The van der Waals surface area contributed by atoms with Gasteiger partial charge in [-0.05, 0) is 76.2 Å². The van der Waals surface area contributed by atoms with E-state index < -0.39 is 0 Å². The highest BCUT2D eigenvalue weighted by molar-refractivity contribution is 5.78. The minimum atomic E-state index is 0.0613. The zero-order chi connectivity index (χ0) is 19.8. The second-order valence-corrected chi connectivity index (χ2v) is 9.18. The minimum absolute atomic E-state index is 0.0613. The standard InChI is InChI=1S/C24H32N2O3/c1-25(23(27)16-19-9-8-18-6-4-7-22(18)29-19)20-10-12-24(11-5-15-28-24)17-21(20)26-13-2-3-14-26/h4,6-9,20-21H,2-3,5,10-17H2,1H3/t20-,21-,24-/m0/s1. The predicted octanol–water partition coefficient (Wildman–Crippen LogP) is 3.95. The van der Waals surface area contributed by atoms with E-state index in [4.69, 9.17) is 9.15 Å². The van der Waals surface area contributed by atoms with Crippen molar-refractivity contribution in [1.82, 2.24) is 9.80 Å². The molecule has 5 aliphatic rings. The van der Waals surface area contributed by atoms with Crippen molar-refractivity contribution in [3.63, 3.8) is 0 Å². The molecule has 0 N–H and O–H groups in total. The van der Waals surface area contributed by atoms with E-state index in [1.807, 2.05) is 42.3 Å². The Hall–Kier alpha value is -1.85. The highest BCUT2D eigenvalue weighted by atomic mass is 16.5. The van der Waals surface area contributed by atoms with E-state index >= 15 is 0 Å². The SMILES string of the molecule is CN(C(=O)Cc1ccc2cccc-2o1)[C@H]1CC[C@@]2(CCCO2)C[C@@H]1N1CCCC1. The number of rotatable bonds is 4. The molecule has 0 aromatic carbocycles. The molecular weight excluding hydrogens is 364 g/mol. The first-order chi connectivity index (χ1) is 14.1. The summed E-state index contributed by atoms with van der Waals surface area (Å²) in [5.41, 5.74) is 1.14. The molecular formula is C24H32N2O3. The molecule has 5 rings (SSSR count). The van der Waals surface area contributed by atoms with Gasteiger partial charge >= 0.3 is 0 Å². The highest BCUT2D eigenvalue weighted by Crippen LogP contribution is 2.43. The van der Waals surface area contributed by atoms with Crippen molar-refractivity contribution < 1.29 is 13.9 Å². The second-order valence-electron chi connectivity index (χ2n) is 9.18. The molecule has 0 radical (unpaired) electrons. The first kappa shape index (κ1) is 19.1. The normalized spacial score (nSPS) is 30.4. The Morgan fingerprint density at radius 2 is 2.03 bits per heavy atom. The van der Waals surface area contributed by atoms with Crippen LogP contribution in [0.4, 0.5) is 0 Å². The van der Waals surface area contributed by atoms with E-state index in [2.05, 4.69) is 4.90 Å². The summed E-state index contributed by atoms with van der Waals surface area (Å²) in [5.74, 6) is 1.74. The first-order valence-electron chi connectivity index (χ1n) is 11.2. The molecule has 3 heterocycles. The van der Waals surface area contributed by atoms with Crippen molar-refractivity contribution in [2.24, 2.45) is 0 Å². The molecule has 29 heavy (non-hydrogen) atoms. The molecule has 2 aliphatic carbocycles. The van der Waals surface area contributed by atoms with Crippen molar-refractivity contribution in [2.45, 2.75) is 69.1 Å². The number of hydrogen-bond acceptors (Lipinski definition) is 4. The second kappa shape index (κ2) is 7.77. The molecule has 1 spiro atoms. The molecule has 0 bridgehead atoms. The summed E-state index contributed by atoms with van der Waals surface area (Å²) >= 11 is 0. The molecule has 0 aromatic heterocycles.